The lowest BCUT2D eigenvalue weighted by Gasteiger charge is -2.13. The maximum absolute atomic E-state index is 12.9. The molecule has 0 spiro atoms. The molecule has 0 heterocycles. The summed E-state index contributed by atoms with van der Waals surface area (Å²) in [5.41, 5.74) is -0.798. The van der Waals surface area contributed by atoms with E-state index in [0.717, 1.165) is 18.9 Å². The summed E-state index contributed by atoms with van der Waals surface area (Å²) in [6, 6.07) is 2.82. The molecule has 0 radical (unpaired) electrons. The summed E-state index contributed by atoms with van der Waals surface area (Å²) in [5, 5.41) is 3.00. The molecule has 0 saturated carbocycles. The number of hydrogen-bond acceptors (Lipinski definition) is 1. The van der Waals surface area contributed by atoms with Crippen molar-refractivity contribution in [2.45, 2.75) is 58.2 Å². The van der Waals surface area contributed by atoms with Crippen LogP contribution in [-0.4, -0.2) is 6.54 Å². The van der Waals surface area contributed by atoms with E-state index in [4.69, 9.17) is 0 Å². The van der Waals surface area contributed by atoms with Gasteiger partial charge in [-0.15, -0.1) is 0 Å². The highest BCUT2D eigenvalue weighted by Gasteiger charge is 2.33. The van der Waals surface area contributed by atoms with Gasteiger partial charge in [0.15, 0.2) is 0 Å². The molecule has 0 unspecified atom stereocenters. The van der Waals surface area contributed by atoms with E-state index in [1.807, 2.05) is 0 Å². The molecule has 0 fully saturated rings. The molecule has 1 rings (SSSR count). The summed E-state index contributed by atoms with van der Waals surface area (Å²) in [6.07, 6.45) is 2.33. The minimum absolute atomic E-state index is 0.0925. The van der Waals surface area contributed by atoms with E-state index in [2.05, 4.69) is 12.2 Å². The fourth-order valence-corrected chi connectivity index (χ4v) is 2.22. The van der Waals surface area contributed by atoms with Gasteiger partial charge in [0.1, 0.15) is 5.82 Å². The van der Waals surface area contributed by atoms with Crippen molar-refractivity contribution in [1.82, 2.24) is 5.32 Å². The lowest BCUT2D eigenvalue weighted by atomic mass is 10.1. The minimum Gasteiger partial charge on any atom is -0.313 e. The second-order valence-corrected chi connectivity index (χ2v) is 5.24. The average Bonchev–Trinajstić information content (AvgIpc) is 2.42. The molecule has 1 aromatic carbocycles. The molecule has 21 heavy (non-hydrogen) atoms. The van der Waals surface area contributed by atoms with Crippen molar-refractivity contribution >= 4 is 0 Å². The Morgan fingerprint density at radius 1 is 1.00 bits per heavy atom. The summed E-state index contributed by atoms with van der Waals surface area (Å²) < 4.78 is 51.3. The van der Waals surface area contributed by atoms with Crippen LogP contribution in [-0.2, 0) is 12.7 Å². The Hall–Kier alpha value is -1.10. The second kappa shape index (κ2) is 9.03. The van der Waals surface area contributed by atoms with E-state index in [-0.39, 0.29) is 12.1 Å². The maximum Gasteiger partial charge on any atom is 0.416 e. The van der Waals surface area contributed by atoms with Crippen molar-refractivity contribution in [2.24, 2.45) is 0 Å². The van der Waals surface area contributed by atoms with Gasteiger partial charge in [-0.25, -0.2) is 4.39 Å². The largest absolute Gasteiger partial charge is 0.416 e. The van der Waals surface area contributed by atoms with Crippen LogP contribution < -0.4 is 5.32 Å². The van der Waals surface area contributed by atoms with Gasteiger partial charge < -0.3 is 5.32 Å². The zero-order valence-corrected chi connectivity index (χ0v) is 12.4. The van der Waals surface area contributed by atoms with E-state index in [0.29, 0.717) is 12.6 Å². The Labute approximate surface area is 123 Å². The second-order valence-electron chi connectivity index (χ2n) is 5.24. The Balaban J connectivity index is 2.35. The molecule has 1 nitrogen and oxygen atoms in total. The first kappa shape index (κ1) is 18.0. The molecule has 120 valence electrons. The van der Waals surface area contributed by atoms with Crippen LogP contribution in [0, 0.1) is 5.82 Å². The van der Waals surface area contributed by atoms with Crippen LogP contribution >= 0.6 is 0 Å². The molecule has 0 aliphatic rings. The predicted octanol–water partition coefficient (Wildman–Crippen LogP) is 5.29. The number of alkyl halides is 3. The standard InChI is InChI=1S/C16H23F4N/c1-2-3-4-5-6-7-10-21-12-13-8-9-14(17)11-15(13)16(18,19)20/h8-9,11,21H,2-7,10,12H2,1H3. The fourth-order valence-electron chi connectivity index (χ4n) is 2.22. The first-order chi connectivity index (χ1) is 9.95. The van der Waals surface area contributed by atoms with Gasteiger partial charge in [-0.05, 0) is 30.7 Å². The van der Waals surface area contributed by atoms with Gasteiger partial charge in [0.2, 0.25) is 0 Å². The van der Waals surface area contributed by atoms with E-state index in [1.54, 1.807) is 0 Å². The number of halogens is 4. The molecule has 0 aliphatic heterocycles. The zero-order chi connectivity index (χ0) is 15.7. The van der Waals surface area contributed by atoms with E-state index in [1.165, 1.54) is 31.7 Å². The highest BCUT2D eigenvalue weighted by Crippen LogP contribution is 2.32. The minimum atomic E-state index is -4.51. The summed E-state index contributed by atoms with van der Waals surface area (Å²) >= 11 is 0. The van der Waals surface area contributed by atoms with Gasteiger partial charge in [-0.1, -0.05) is 45.1 Å². The summed E-state index contributed by atoms with van der Waals surface area (Å²) in [7, 11) is 0. The van der Waals surface area contributed by atoms with Gasteiger partial charge in [0, 0.05) is 6.54 Å². The average molecular weight is 305 g/mol. The van der Waals surface area contributed by atoms with Crippen LogP contribution in [0.2, 0.25) is 0 Å². The molecule has 1 N–H and O–H groups in total. The molecule has 5 heteroatoms. The van der Waals surface area contributed by atoms with Crippen LogP contribution in [0.15, 0.2) is 18.2 Å². The van der Waals surface area contributed by atoms with Gasteiger partial charge in [0.25, 0.3) is 0 Å². The normalized spacial score (nSPS) is 11.9. The number of hydrogen-bond donors (Lipinski definition) is 1. The highest BCUT2D eigenvalue weighted by molar-refractivity contribution is 5.30. The predicted molar refractivity (Wildman–Crippen MR) is 76.5 cm³/mol. The van der Waals surface area contributed by atoms with E-state index < -0.39 is 17.6 Å². The van der Waals surface area contributed by atoms with E-state index in [9.17, 15) is 17.6 Å². The third-order valence-corrected chi connectivity index (χ3v) is 3.40. The van der Waals surface area contributed by atoms with Crippen LogP contribution in [0.25, 0.3) is 0 Å². The third-order valence-electron chi connectivity index (χ3n) is 3.40. The van der Waals surface area contributed by atoms with Crippen LogP contribution in [0.1, 0.15) is 56.6 Å². The Bertz CT molecular complexity index is 415. The zero-order valence-electron chi connectivity index (χ0n) is 12.4. The summed E-state index contributed by atoms with van der Waals surface area (Å²) in [4.78, 5) is 0. The smallest absolute Gasteiger partial charge is 0.313 e. The number of nitrogens with one attached hydrogen (secondary N) is 1. The van der Waals surface area contributed by atoms with Crippen molar-refractivity contribution < 1.29 is 17.6 Å². The molecule has 0 atom stereocenters. The van der Waals surface area contributed by atoms with E-state index >= 15 is 0 Å². The molecule has 0 saturated heterocycles. The van der Waals surface area contributed by atoms with Crippen LogP contribution in [0.3, 0.4) is 0 Å². The molecule has 0 aliphatic carbocycles. The van der Waals surface area contributed by atoms with Crippen molar-refractivity contribution in [3.63, 3.8) is 0 Å². The Kier molecular flexibility index (Phi) is 7.72. The summed E-state index contributed by atoms with van der Waals surface area (Å²) in [6.45, 7) is 2.95. The summed E-state index contributed by atoms with van der Waals surface area (Å²) in [5.74, 6) is -0.859. The molecular formula is C16H23F4N. The van der Waals surface area contributed by atoms with Crippen LogP contribution in [0.5, 0.6) is 0 Å². The maximum atomic E-state index is 12.9. The van der Waals surface area contributed by atoms with Gasteiger partial charge in [-0.3, -0.25) is 0 Å². The SMILES string of the molecule is CCCCCCCCNCc1ccc(F)cc1C(F)(F)F. The molecule has 1 aromatic rings. The first-order valence-electron chi connectivity index (χ1n) is 7.51. The molecular weight excluding hydrogens is 282 g/mol. The monoisotopic (exact) mass is 305 g/mol. The lowest BCUT2D eigenvalue weighted by molar-refractivity contribution is -0.138. The number of benzene rings is 1. The van der Waals surface area contributed by atoms with Gasteiger partial charge in [-0.2, -0.15) is 13.2 Å². The Morgan fingerprint density at radius 3 is 2.33 bits per heavy atom. The number of rotatable bonds is 9. The highest BCUT2D eigenvalue weighted by atomic mass is 19.4. The van der Waals surface area contributed by atoms with Crippen LogP contribution in [0.4, 0.5) is 17.6 Å². The van der Waals surface area contributed by atoms with Crippen molar-refractivity contribution in [1.29, 1.82) is 0 Å². The Morgan fingerprint density at radius 2 is 1.67 bits per heavy atom. The molecule has 0 amide bonds. The molecule has 0 bridgehead atoms. The quantitative estimate of drug-likeness (QED) is 0.482. The fraction of sp³-hybridized carbons (Fsp3) is 0.625. The van der Waals surface area contributed by atoms with Gasteiger partial charge >= 0.3 is 6.18 Å². The lowest BCUT2D eigenvalue weighted by Crippen LogP contribution is -2.18. The first-order valence-corrected chi connectivity index (χ1v) is 7.51. The molecule has 0 aromatic heterocycles. The van der Waals surface area contributed by atoms with Crippen molar-refractivity contribution in [3.05, 3.63) is 35.1 Å². The van der Waals surface area contributed by atoms with Gasteiger partial charge in [0.05, 0.1) is 5.56 Å². The number of unbranched alkanes of at least 4 members (excludes halogenated alkanes) is 5. The van der Waals surface area contributed by atoms with Crippen molar-refractivity contribution in [2.75, 3.05) is 6.54 Å². The topological polar surface area (TPSA) is 12.0 Å². The van der Waals surface area contributed by atoms with Crippen molar-refractivity contribution in [3.8, 4) is 0 Å². The third kappa shape index (κ3) is 6.93.